The summed E-state index contributed by atoms with van der Waals surface area (Å²) in [5.74, 6) is 0. The second-order valence-electron chi connectivity index (χ2n) is 5.96. The Labute approximate surface area is 151 Å². The van der Waals surface area contributed by atoms with Crippen molar-refractivity contribution < 1.29 is 0 Å². The van der Waals surface area contributed by atoms with Crippen molar-refractivity contribution in [2.24, 2.45) is 5.73 Å². The lowest BCUT2D eigenvalue weighted by molar-refractivity contribution is 0.748. The van der Waals surface area contributed by atoms with Crippen LogP contribution in [0.1, 0.15) is 30.9 Å². The monoisotopic (exact) mass is 418 g/mol. The normalized spacial score (nSPS) is 11.3. The Bertz CT molecular complexity index is 787. The molecule has 1 heterocycles. The molecule has 0 aliphatic rings. The van der Waals surface area contributed by atoms with Gasteiger partial charge in [-0.2, -0.15) is 0 Å². The average Bonchev–Trinajstić information content (AvgIpc) is 2.93. The van der Waals surface area contributed by atoms with Crippen LogP contribution in [0.3, 0.4) is 0 Å². The zero-order chi connectivity index (χ0) is 16.2. The van der Waals surface area contributed by atoms with Gasteiger partial charge in [0.25, 0.3) is 0 Å². The number of nitrogens with one attached hydrogen (secondary N) is 1. The third kappa shape index (κ3) is 3.61. The van der Waals surface area contributed by atoms with E-state index in [1.165, 1.54) is 36.9 Å². The van der Waals surface area contributed by atoms with Gasteiger partial charge in [0, 0.05) is 20.2 Å². The first kappa shape index (κ1) is 16.5. The van der Waals surface area contributed by atoms with Gasteiger partial charge in [-0.25, -0.2) is 0 Å². The molecule has 0 saturated heterocycles. The number of aromatic nitrogens is 1. The van der Waals surface area contributed by atoms with Gasteiger partial charge in [0.05, 0.1) is 0 Å². The molecular weight excluding hydrogens is 395 g/mol. The molecule has 2 nitrogen and oxygen atoms in total. The second-order valence-corrected chi connectivity index (χ2v) is 7.21. The lowest BCUT2D eigenvalue weighted by atomic mass is 9.99. The Hall–Kier alpha value is -1.33. The summed E-state index contributed by atoms with van der Waals surface area (Å²) in [5.41, 5.74) is 12.2. The van der Waals surface area contributed by atoms with E-state index >= 15 is 0 Å². The second kappa shape index (κ2) is 7.49. The van der Waals surface area contributed by atoms with Crippen molar-refractivity contribution in [2.45, 2.75) is 32.6 Å². The molecule has 0 aliphatic carbocycles. The number of benzene rings is 2. The van der Waals surface area contributed by atoms with Crippen molar-refractivity contribution in [3.05, 3.63) is 57.2 Å². The third-order valence-electron chi connectivity index (χ3n) is 4.40. The Morgan fingerprint density at radius 3 is 2.52 bits per heavy atom. The Morgan fingerprint density at radius 1 is 1.04 bits per heavy atom. The lowest BCUT2D eigenvalue weighted by Crippen LogP contribution is -1.99. The molecule has 0 spiro atoms. The van der Waals surface area contributed by atoms with Crippen LogP contribution in [0.15, 0.2) is 42.5 Å². The highest BCUT2D eigenvalue weighted by atomic mass is 127. The van der Waals surface area contributed by atoms with Crippen LogP contribution < -0.4 is 5.73 Å². The average molecular weight is 418 g/mol. The van der Waals surface area contributed by atoms with Crippen LogP contribution in [-0.2, 0) is 12.8 Å². The summed E-state index contributed by atoms with van der Waals surface area (Å²) in [7, 11) is 0. The van der Waals surface area contributed by atoms with Gasteiger partial charge in [0.1, 0.15) is 0 Å². The van der Waals surface area contributed by atoms with E-state index < -0.39 is 0 Å². The highest BCUT2D eigenvalue weighted by Crippen LogP contribution is 2.32. The molecule has 0 unspecified atom stereocenters. The number of fused-ring (bicyclic) bond motifs is 1. The minimum Gasteiger partial charge on any atom is -0.354 e. The van der Waals surface area contributed by atoms with Gasteiger partial charge in [0.15, 0.2) is 0 Å². The van der Waals surface area contributed by atoms with Gasteiger partial charge in [-0.1, -0.05) is 31.2 Å². The minimum absolute atomic E-state index is 0.764. The Morgan fingerprint density at radius 2 is 1.83 bits per heavy atom. The lowest BCUT2D eigenvalue weighted by Gasteiger charge is -2.06. The molecule has 3 heteroatoms. The van der Waals surface area contributed by atoms with E-state index in [1.54, 1.807) is 0 Å². The fourth-order valence-corrected chi connectivity index (χ4v) is 3.57. The third-order valence-corrected chi connectivity index (χ3v) is 5.07. The molecule has 0 bridgehead atoms. The number of unbranched alkanes of at least 4 members (excludes halogenated alkanes) is 1. The number of H-pyrrole nitrogens is 1. The van der Waals surface area contributed by atoms with Crippen molar-refractivity contribution in [3.63, 3.8) is 0 Å². The van der Waals surface area contributed by atoms with Crippen LogP contribution in [-0.4, -0.2) is 11.5 Å². The molecule has 0 aliphatic heterocycles. The van der Waals surface area contributed by atoms with Gasteiger partial charge < -0.3 is 10.7 Å². The molecule has 3 aromatic rings. The number of aromatic amines is 1. The summed E-state index contributed by atoms with van der Waals surface area (Å²) in [4.78, 5) is 3.64. The number of hydrogen-bond acceptors (Lipinski definition) is 1. The van der Waals surface area contributed by atoms with E-state index in [0.29, 0.717) is 0 Å². The molecule has 3 rings (SSSR count). The van der Waals surface area contributed by atoms with Crippen molar-refractivity contribution in [3.8, 4) is 11.3 Å². The summed E-state index contributed by atoms with van der Waals surface area (Å²) in [6, 6.07) is 15.6. The molecular formula is C20H23IN2. The van der Waals surface area contributed by atoms with Crippen LogP contribution in [0.25, 0.3) is 22.2 Å². The maximum Gasteiger partial charge on any atom is 0.0497 e. The van der Waals surface area contributed by atoms with Crippen LogP contribution >= 0.6 is 22.6 Å². The van der Waals surface area contributed by atoms with Crippen molar-refractivity contribution >= 4 is 33.5 Å². The molecule has 3 N–H and O–H groups in total. The molecule has 0 amide bonds. The predicted octanol–water partition coefficient (Wildman–Crippen LogP) is 5.28. The smallest absolute Gasteiger partial charge is 0.0497 e. The Kier molecular flexibility index (Phi) is 5.38. The quantitative estimate of drug-likeness (QED) is 0.415. The molecule has 0 atom stereocenters. The highest BCUT2D eigenvalue weighted by Gasteiger charge is 2.13. The zero-order valence-corrected chi connectivity index (χ0v) is 15.7. The largest absolute Gasteiger partial charge is 0.354 e. The van der Waals surface area contributed by atoms with E-state index in [4.69, 9.17) is 5.73 Å². The van der Waals surface area contributed by atoms with Gasteiger partial charge in [0.2, 0.25) is 0 Å². The van der Waals surface area contributed by atoms with Crippen LogP contribution in [0, 0.1) is 3.57 Å². The fourth-order valence-electron chi connectivity index (χ4n) is 3.08. The first-order valence-electron chi connectivity index (χ1n) is 8.32. The first-order valence-corrected chi connectivity index (χ1v) is 9.40. The highest BCUT2D eigenvalue weighted by molar-refractivity contribution is 14.1. The van der Waals surface area contributed by atoms with Crippen molar-refractivity contribution in [1.29, 1.82) is 0 Å². The number of halogens is 1. The van der Waals surface area contributed by atoms with E-state index in [1.807, 2.05) is 0 Å². The molecule has 1 aromatic heterocycles. The van der Waals surface area contributed by atoms with Gasteiger partial charge in [-0.05, 0) is 89.7 Å². The zero-order valence-electron chi connectivity index (χ0n) is 13.5. The number of rotatable bonds is 6. The number of aryl methyl sites for hydroxylation is 2. The molecule has 0 fully saturated rings. The van der Waals surface area contributed by atoms with Gasteiger partial charge in [-0.3, -0.25) is 0 Å². The topological polar surface area (TPSA) is 41.8 Å². The number of nitrogens with two attached hydrogens (primary N) is 1. The molecule has 120 valence electrons. The van der Waals surface area contributed by atoms with Gasteiger partial charge >= 0.3 is 0 Å². The van der Waals surface area contributed by atoms with Gasteiger partial charge in [-0.15, -0.1) is 0 Å². The maximum atomic E-state index is 5.68. The minimum atomic E-state index is 0.764. The summed E-state index contributed by atoms with van der Waals surface area (Å²) >= 11 is 2.39. The maximum absolute atomic E-state index is 5.68. The summed E-state index contributed by atoms with van der Waals surface area (Å²) < 4.78 is 1.28. The molecule has 0 saturated carbocycles. The molecule has 2 aromatic carbocycles. The standard InChI is InChI=1S/C20H23IN2/c1-2-14-6-8-15(9-7-14)20-17(5-3-4-12-22)18-13-16(21)10-11-19(18)23-20/h6-11,13,23H,2-5,12,22H2,1H3. The van der Waals surface area contributed by atoms with E-state index in [9.17, 15) is 0 Å². The van der Waals surface area contributed by atoms with Crippen LogP contribution in [0.5, 0.6) is 0 Å². The fraction of sp³-hybridized carbons (Fsp3) is 0.300. The summed E-state index contributed by atoms with van der Waals surface area (Å²) in [6.07, 6.45) is 4.36. The van der Waals surface area contributed by atoms with Crippen LogP contribution in [0.4, 0.5) is 0 Å². The Balaban J connectivity index is 2.07. The van der Waals surface area contributed by atoms with Crippen molar-refractivity contribution in [2.75, 3.05) is 6.54 Å². The number of hydrogen-bond donors (Lipinski definition) is 2. The summed E-state index contributed by atoms with van der Waals surface area (Å²) in [6.45, 7) is 2.96. The first-order chi connectivity index (χ1) is 11.2. The van der Waals surface area contributed by atoms with E-state index in [0.717, 1.165) is 32.2 Å². The predicted molar refractivity (Wildman–Crippen MR) is 108 cm³/mol. The SMILES string of the molecule is CCc1ccc(-c2[nH]c3ccc(I)cc3c2CCCCN)cc1. The van der Waals surface area contributed by atoms with E-state index in [2.05, 4.69) is 77.0 Å². The van der Waals surface area contributed by atoms with Crippen molar-refractivity contribution in [1.82, 2.24) is 4.98 Å². The summed E-state index contributed by atoms with van der Waals surface area (Å²) in [5, 5.41) is 1.35. The molecule has 0 radical (unpaired) electrons. The molecule has 23 heavy (non-hydrogen) atoms. The van der Waals surface area contributed by atoms with Crippen LogP contribution in [0.2, 0.25) is 0 Å². The van der Waals surface area contributed by atoms with E-state index in [-0.39, 0.29) is 0 Å².